The fraction of sp³-hybridized carbons (Fsp3) is 0.263. The number of hydrogen-bond acceptors (Lipinski definition) is 6. The molecule has 0 aliphatic rings. The Balaban J connectivity index is 1.94. The lowest BCUT2D eigenvalue weighted by atomic mass is 10.2. The van der Waals surface area contributed by atoms with Crippen molar-refractivity contribution in [3.63, 3.8) is 0 Å². The molecule has 1 amide bonds. The van der Waals surface area contributed by atoms with E-state index in [1.807, 2.05) is 0 Å². The largest absolute Gasteiger partial charge is 0.326 e. The Morgan fingerprint density at radius 3 is 2.17 bits per heavy atom. The Morgan fingerprint density at radius 2 is 1.60 bits per heavy atom. The number of Topliss-reactive ketones (excluding diaryl/α,β-unsaturated/α-hetero) is 1. The van der Waals surface area contributed by atoms with E-state index in [4.69, 9.17) is 0 Å². The molecule has 0 aliphatic carbocycles. The second kappa shape index (κ2) is 9.37. The topological polar surface area (TPSA) is 139 Å². The molecular formula is C19H23N3O6S2. The van der Waals surface area contributed by atoms with Gasteiger partial charge in [0.1, 0.15) is 0 Å². The maximum Gasteiger partial charge on any atom is 0.240 e. The zero-order valence-corrected chi connectivity index (χ0v) is 18.4. The number of amides is 1. The molecule has 2 aromatic carbocycles. The van der Waals surface area contributed by atoms with E-state index in [0.29, 0.717) is 22.5 Å². The molecule has 9 nitrogen and oxygen atoms in total. The van der Waals surface area contributed by atoms with Gasteiger partial charge < -0.3 is 5.32 Å². The van der Waals surface area contributed by atoms with Crippen LogP contribution >= 0.6 is 0 Å². The molecule has 0 bridgehead atoms. The molecule has 0 spiro atoms. The van der Waals surface area contributed by atoms with Crippen molar-refractivity contribution in [3.05, 3.63) is 53.6 Å². The average Bonchev–Trinajstić information content (AvgIpc) is 2.63. The van der Waals surface area contributed by atoms with Gasteiger partial charge in [-0.3, -0.25) is 14.3 Å². The molecule has 0 fully saturated rings. The van der Waals surface area contributed by atoms with Crippen molar-refractivity contribution < 1.29 is 26.4 Å². The Morgan fingerprint density at radius 1 is 0.967 bits per heavy atom. The minimum Gasteiger partial charge on any atom is -0.326 e. The zero-order valence-electron chi connectivity index (χ0n) is 16.7. The van der Waals surface area contributed by atoms with Gasteiger partial charge in [0, 0.05) is 24.2 Å². The fourth-order valence-electron chi connectivity index (χ4n) is 2.48. The second-order valence-electron chi connectivity index (χ2n) is 6.68. The molecule has 0 aromatic heterocycles. The maximum absolute atomic E-state index is 12.3. The quantitative estimate of drug-likeness (QED) is 0.496. The summed E-state index contributed by atoms with van der Waals surface area (Å²) >= 11 is 0. The van der Waals surface area contributed by atoms with E-state index in [9.17, 15) is 26.4 Å². The Bertz CT molecular complexity index is 1160. The Labute approximate surface area is 176 Å². The van der Waals surface area contributed by atoms with Crippen LogP contribution in [-0.4, -0.2) is 41.3 Å². The molecular weight excluding hydrogens is 430 g/mol. The monoisotopic (exact) mass is 453 g/mol. The van der Waals surface area contributed by atoms with Crippen molar-refractivity contribution >= 4 is 43.1 Å². The fourth-order valence-corrected chi connectivity index (χ4v) is 4.14. The van der Waals surface area contributed by atoms with Gasteiger partial charge in [0.05, 0.1) is 16.8 Å². The summed E-state index contributed by atoms with van der Waals surface area (Å²) in [6.45, 7) is 2.97. The summed E-state index contributed by atoms with van der Waals surface area (Å²) in [6.07, 6.45) is 0.894. The standard InChI is InChI=1S/C19H23N3O6S2/c1-13-4-7-16(12-18(13)22-29(3,25)26)21-19(24)10-11-20-30(27,28)17-8-5-15(6-9-17)14(2)23/h4-9,12,20,22H,10-11H2,1-3H3,(H,21,24). The maximum atomic E-state index is 12.3. The van der Waals surface area contributed by atoms with Crippen LogP contribution < -0.4 is 14.8 Å². The highest BCUT2D eigenvalue weighted by Crippen LogP contribution is 2.21. The van der Waals surface area contributed by atoms with Crippen molar-refractivity contribution in [2.75, 3.05) is 22.8 Å². The predicted molar refractivity (Wildman–Crippen MR) is 115 cm³/mol. The first-order valence-corrected chi connectivity index (χ1v) is 12.2. The number of benzene rings is 2. The highest BCUT2D eigenvalue weighted by atomic mass is 32.2. The number of carbonyl (C=O) groups is 2. The molecule has 2 rings (SSSR count). The third-order valence-electron chi connectivity index (χ3n) is 4.03. The molecule has 11 heteroatoms. The molecule has 0 atom stereocenters. The SMILES string of the molecule is CC(=O)c1ccc(S(=O)(=O)NCCC(=O)Nc2ccc(C)c(NS(C)(=O)=O)c2)cc1. The van der Waals surface area contributed by atoms with Gasteiger partial charge in [-0.1, -0.05) is 18.2 Å². The number of nitrogens with one attached hydrogen (secondary N) is 3. The van der Waals surface area contributed by atoms with Gasteiger partial charge >= 0.3 is 0 Å². The first-order valence-electron chi connectivity index (χ1n) is 8.86. The molecule has 0 saturated carbocycles. The number of ketones is 1. The number of aryl methyl sites for hydroxylation is 1. The van der Waals surface area contributed by atoms with Crippen LogP contribution in [0, 0.1) is 6.92 Å². The molecule has 0 unspecified atom stereocenters. The van der Waals surface area contributed by atoms with Crippen molar-refractivity contribution in [3.8, 4) is 0 Å². The highest BCUT2D eigenvalue weighted by Gasteiger charge is 2.15. The van der Waals surface area contributed by atoms with Gasteiger partial charge in [0.15, 0.2) is 5.78 Å². The Kier molecular flexibility index (Phi) is 7.34. The molecule has 30 heavy (non-hydrogen) atoms. The smallest absolute Gasteiger partial charge is 0.240 e. The van der Waals surface area contributed by atoms with Gasteiger partial charge in [-0.05, 0) is 43.7 Å². The third-order valence-corrected chi connectivity index (χ3v) is 6.10. The lowest BCUT2D eigenvalue weighted by molar-refractivity contribution is -0.116. The van der Waals surface area contributed by atoms with Gasteiger partial charge in [-0.2, -0.15) is 0 Å². The predicted octanol–water partition coefficient (Wildman–Crippen LogP) is 1.88. The normalized spacial score (nSPS) is 11.7. The van der Waals surface area contributed by atoms with E-state index in [2.05, 4.69) is 14.8 Å². The molecule has 0 saturated heterocycles. The van der Waals surface area contributed by atoms with Crippen LogP contribution in [0.2, 0.25) is 0 Å². The van der Waals surface area contributed by atoms with Gasteiger partial charge in [-0.15, -0.1) is 0 Å². The number of carbonyl (C=O) groups excluding carboxylic acids is 2. The minimum absolute atomic E-state index is 0.0112. The van der Waals surface area contributed by atoms with Crippen LogP contribution in [0.25, 0.3) is 0 Å². The number of anilines is 2. The summed E-state index contributed by atoms with van der Waals surface area (Å²) < 4.78 is 52.1. The summed E-state index contributed by atoms with van der Waals surface area (Å²) in [5, 5.41) is 2.60. The van der Waals surface area contributed by atoms with E-state index in [-0.39, 0.29) is 23.6 Å². The second-order valence-corrected chi connectivity index (χ2v) is 10.2. The van der Waals surface area contributed by atoms with E-state index < -0.39 is 26.0 Å². The molecule has 0 radical (unpaired) electrons. The lowest BCUT2D eigenvalue weighted by Crippen LogP contribution is -2.28. The van der Waals surface area contributed by atoms with Crippen LogP contribution in [0.5, 0.6) is 0 Å². The molecule has 3 N–H and O–H groups in total. The van der Waals surface area contributed by atoms with Crippen molar-refractivity contribution in [2.24, 2.45) is 0 Å². The lowest BCUT2D eigenvalue weighted by Gasteiger charge is -2.11. The van der Waals surface area contributed by atoms with E-state index in [1.165, 1.54) is 37.3 Å². The van der Waals surface area contributed by atoms with Crippen molar-refractivity contribution in [1.29, 1.82) is 0 Å². The third kappa shape index (κ3) is 6.94. The van der Waals surface area contributed by atoms with Crippen molar-refractivity contribution in [2.45, 2.75) is 25.2 Å². The van der Waals surface area contributed by atoms with Crippen LogP contribution in [0.3, 0.4) is 0 Å². The van der Waals surface area contributed by atoms with Crippen molar-refractivity contribution in [1.82, 2.24) is 4.72 Å². The van der Waals surface area contributed by atoms with Gasteiger partial charge in [0.25, 0.3) is 0 Å². The van der Waals surface area contributed by atoms with Crippen LogP contribution in [-0.2, 0) is 24.8 Å². The summed E-state index contributed by atoms with van der Waals surface area (Å²) in [7, 11) is -7.29. The van der Waals surface area contributed by atoms with Crippen LogP contribution in [0.15, 0.2) is 47.4 Å². The van der Waals surface area contributed by atoms with E-state index >= 15 is 0 Å². The van der Waals surface area contributed by atoms with Crippen LogP contribution in [0.1, 0.15) is 29.3 Å². The van der Waals surface area contributed by atoms with E-state index in [0.717, 1.165) is 6.26 Å². The van der Waals surface area contributed by atoms with E-state index in [1.54, 1.807) is 19.1 Å². The highest BCUT2D eigenvalue weighted by molar-refractivity contribution is 7.92. The summed E-state index contributed by atoms with van der Waals surface area (Å²) in [5.74, 6) is -0.617. The number of hydrogen-bond donors (Lipinski definition) is 3. The Hall–Kier alpha value is -2.76. The van der Waals surface area contributed by atoms with Gasteiger partial charge in [0.2, 0.25) is 26.0 Å². The van der Waals surface area contributed by atoms with Crippen LogP contribution in [0.4, 0.5) is 11.4 Å². The molecule has 0 aliphatic heterocycles. The number of rotatable bonds is 9. The minimum atomic E-state index is -3.82. The first-order chi connectivity index (χ1) is 13.9. The zero-order chi connectivity index (χ0) is 22.5. The molecule has 2 aromatic rings. The summed E-state index contributed by atoms with van der Waals surface area (Å²) in [6, 6.07) is 10.2. The summed E-state index contributed by atoms with van der Waals surface area (Å²) in [4.78, 5) is 23.4. The molecule has 162 valence electrons. The first kappa shape index (κ1) is 23.5. The summed E-state index contributed by atoms with van der Waals surface area (Å²) in [5.41, 5.74) is 1.79. The van der Waals surface area contributed by atoms with Gasteiger partial charge in [-0.25, -0.2) is 21.6 Å². The molecule has 0 heterocycles. The average molecular weight is 454 g/mol. The number of sulfonamides is 2.